The molecule has 1 spiro atoms. The van der Waals surface area contributed by atoms with Crippen LogP contribution >= 0.6 is 0 Å². The van der Waals surface area contributed by atoms with Gasteiger partial charge < -0.3 is 24.1 Å². The molecule has 3 aliphatic rings. The fourth-order valence-electron chi connectivity index (χ4n) is 5.34. The largest absolute Gasteiger partial charge is 0.493 e. The molecular weight excluding hydrogens is 416 g/mol. The van der Waals surface area contributed by atoms with E-state index in [4.69, 9.17) is 13.9 Å². The van der Waals surface area contributed by atoms with Crippen LogP contribution in [0.25, 0.3) is 0 Å². The van der Waals surface area contributed by atoms with Crippen molar-refractivity contribution in [3.05, 3.63) is 18.2 Å². The van der Waals surface area contributed by atoms with Crippen molar-refractivity contribution in [2.24, 2.45) is 0 Å². The third kappa shape index (κ3) is 4.83. The Morgan fingerprint density at radius 3 is 2.47 bits per heavy atom. The second-order valence-electron chi connectivity index (χ2n) is 11.7. The zero-order chi connectivity index (χ0) is 23.0. The highest BCUT2D eigenvalue weighted by Gasteiger charge is 2.48. The maximum Gasteiger partial charge on any atom is 0.192 e. The average molecular weight is 461 g/mol. The number of hydrogen-bond donors (Lipinski definition) is 1. The number of fused-ring (bicyclic) bond motifs is 1. The van der Waals surface area contributed by atoms with E-state index in [1.54, 1.807) is 7.11 Å². The van der Waals surface area contributed by atoms with E-state index in [-0.39, 0.29) is 5.04 Å². The Bertz CT molecular complexity index is 788. The molecule has 180 valence electrons. The summed E-state index contributed by atoms with van der Waals surface area (Å²) in [6.45, 7) is 13.6. The summed E-state index contributed by atoms with van der Waals surface area (Å²) in [6.07, 6.45) is 9.22. The van der Waals surface area contributed by atoms with Gasteiger partial charge in [-0.1, -0.05) is 33.6 Å². The summed E-state index contributed by atoms with van der Waals surface area (Å²) in [5.74, 6) is 1.63. The van der Waals surface area contributed by atoms with Crippen LogP contribution in [0.5, 0.6) is 11.5 Å². The Balaban J connectivity index is 1.43. The summed E-state index contributed by atoms with van der Waals surface area (Å²) >= 11 is 0. The molecule has 32 heavy (non-hydrogen) atoms. The number of anilines is 1. The smallest absolute Gasteiger partial charge is 0.192 e. The van der Waals surface area contributed by atoms with Crippen molar-refractivity contribution >= 4 is 14.0 Å². The minimum atomic E-state index is -1.75. The maximum atomic E-state index is 6.27. The Morgan fingerprint density at radius 2 is 1.81 bits per heavy atom. The molecule has 1 N–H and O–H groups in total. The first-order chi connectivity index (χ1) is 15.1. The second-order valence-corrected chi connectivity index (χ2v) is 16.5. The highest BCUT2D eigenvalue weighted by atomic mass is 28.4. The molecule has 0 bridgehead atoms. The molecule has 0 radical (unpaired) electrons. The molecule has 1 aromatic rings. The summed E-state index contributed by atoms with van der Waals surface area (Å²) in [4.78, 5) is 2.67. The number of ether oxygens (including phenoxy) is 2. The van der Waals surface area contributed by atoms with Gasteiger partial charge in [-0.2, -0.15) is 0 Å². The number of methoxy groups -OCH3 is 1. The minimum Gasteiger partial charge on any atom is -0.493 e. The van der Waals surface area contributed by atoms with Crippen molar-refractivity contribution in [3.63, 3.8) is 0 Å². The summed E-state index contributed by atoms with van der Waals surface area (Å²) < 4.78 is 18.1. The minimum absolute atomic E-state index is 0.213. The molecule has 0 amide bonds. The number of nitrogens with one attached hydrogen (secondary N) is 1. The van der Waals surface area contributed by atoms with Crippen LogP contribution in [0, 0.1) is 0 Å². The van der Waals surface area contributed by atoms with Gasteiger partial charge in [0.2, 0.25) is 0 Å². The van der Waals surface area contributed by atoms with Crippen LogP contribution < -0.4 is 19.7 Å². The van der Waals surface area contributed by atoms with Gasteiger partial charge in [0, 0.05) is 35.9 Å². The Hall–Kier alpha value is -1.24. The predicted octanol–water partition coefficient (Wildman–Crippen LogP) is 5.74. The molecular formula is C26H44N2O3Si. The van der Waals surface area contributed by atoms with Crippen molar-refractivity contribution in [1.29, 1.82) is 0 Å². The van der Waals surface area contributed by atoms with Gasteiger partial charge in [0.05, 0.1) is 13.7 Å². The van der Waals surface area contributed by atoms with Crippen LogP contribution in [-0.2, 0) is 4.43 Å². The van der Waals surface area contributed by atoms with Crippen LogP contribution in [0.4, 0.5) is 5.69 Å². The lowest BCUT2D eigenvalue weighted by Crippen LogP contribution is -2.72. The van der Waals surface area contributed by atoms with Gasteiger partial charge in [-0.15, -0.1) is 0 Å². The fourth-order valence-corrected chi connectivity index (χ4v) is 6.37. The van der Waals surface area contributed by atoms with Crippen molar-refractivity contribution in [1.82, 2.24) is 5.32 Å². The molecule has 1 heterocycles. The van der Waals surface area contributed by atoms with Gasteiger partial charge in [0.25, 0.3) is 0 Å². The highest BCUT2D eigenvalue weighted by Crippen LogP contribution is 2.43. The summed E-state index contributed by atoms with van der Waals surface area (Å²) in [5, 5.41) is 4.27. The second kappa shape index (κ2) is 9.19. The molecule has 5 nitrogen and oxygen atoms in total. The lowest BCUT2D eigenvalue weighted by Gasteiger charge is -2.58. The van der Waals surface area contributed by atoms with E-state index in [1.807, 2.05) is 0 Å². The molecule has 0 aromatic heterocycles. The van der Waals surface area contributed by atoms with E-state index >= 15 is 0 Å². The molecule has 0 unspecified atom stereocenters. The quantitative estimate of drug-likeness (QED) is 0.415. The zero-order valence-corrected chi connectivity index (χ0v) is 22.1. The van der Waals surface area contributed by atoms with Crippen molar-refractivity contribution in [2.45, 2.75) is 101 Å². The molecule has 3 fully saturated rings. The SMILES string of the molecule is COc1cc(N2CC3(CCC3)N[C@H]3CCCC[C@@H]32)ccc1OCCO[Si](C)(C)C(C)(C)C. The molecule has 4 rings (SSSR count). The molecule has 6 heteroatoms. The monoisotopic (exact) mass is 460 g/mol. The van der Waals surface area contributed by atoms with E-state index in [0.29, 0.717) is 30.8 Å². The molecule has 2 atom stereocenters. The standard InChI is InChI=1S/C26H44N2O3Si/c1-25(2,3)32(5,6)31-17-16-30-23-13-12-20(18-24(23)29-4)28-19-26(14-9-15-26)27-21-10-7-8-11-22(21)28/h12-13,18,21-22,27H,7-11,14-17,19H2,1-6H3/t21-,22-/m0/s1. The first kappa shape index (κ1) is 23.9. The normalized spacial score (nSPS) is 25.2. The van der Waals surface area contributed by atoms with E-state index in [0.717, 1.165) is 18.0 Å². The Morgan fingerprint density at radius 1 is 1.06 bits per heavy atom. The Kier molecular flexibility index (Phi) is 6.86. The van der Waals surface area contributed by atoms with Gasteiger partial charge in [-0.3, -0.25) is 0 Å². The van der Waals surface area contributed by atoms with Crippen LogP contribution in [0.2, 0.25) is 18.1 Å². The number of piperazine rings is 1. The summed E-state index contributed by atoms with van der Waals surface area (Å²) in [6, 6.07) is 7.72. The summed E-state index contributed by atoms with van der Waals surface area (Å²) in [7, 11) is -0.00622. The van der Waals surface area contributed by atoms with Gasteiger partial charge in [0.1, 0.15) is 6.61 Å². The van der Waals surface area contributed by atoms with E-state index in [2.05, 4.69) is 62.3 Å². The molecule has 2 aliphatic carbocycles. The van der Waals surface area contributed by atoms with E-state index in [9.17, 15) is 0 Å². The maximum absolute atomic E-state index is 6.27. The van der Waals surface area contributed by atoms with Crippen molar-refractivity contribution in [2.75, 3.05) is 31.8 Å². The van der Waals surface area contributed by atoms with E-state index in [1.165, 1.54) is 50.6 Å². The predicted molar refractivity (Wildman–Crippen MR) is 135 cm³/mol. The van der Waals surface area contributed by atoms with Gasteiger partial charge in [-0.05, 0) is 62.4 Å². The number of nitrogens with zero attached hydrogens (tertiary/aromatic N) is 1. The lowest BCUT2D eigenvalue weighted by atomic mass is 9.71. The van der Waals surface area contributed by atoms with Gasteiger partial charge in [0.15, 0.2) is 19.8 Å². The van der Waals surface area contributed by atoms with Crippen LogP contribution in [0.3, 0.4) is 0 Å². The summed E-state index contributed by atoms with van der Waals surface area (Å²) in [5.41, 5.74) is 1.60. The van der Waals surface area contributed by atoms with Crippen molar-refractivity contribution in [3.8, 4) is 11.5 Å². The number of benzene rings is 1. The molecule has 1 aliphatic heterocycles. The van der Waals surface area contributed by atoms with Gasteiger partial charge >= 0.3 is 0 Å². The third-order valence-electron chi connectivity index (χ3n) is 8.49. The highest BCUT2D eigenvalue weighted by molar-refractivity contribution is 6.74. The third-order valence-corrected chi connectivity index (χ3v) is 13.0. The first-order valence-electron chi connectivity index (χ1n) is 12.6. The zero-order valence-electron chi connectivity index (χ0n) is 21.1. The molecule has 2 saturated carbocycles. The first-order valence-corrected chi connectivity index (χ1v) is 15.5. The number of rotatable bonds is 7. The topological polar surface area (TPSA) is 43.0 Å². The average Bonchev–Trinajstić information content (AvgIpc) is 2.74. The van der Waals surface area contributed by atoms with Crippen LogP contribution in [0.1, 0.15) is 65.7 Å². The molecule has 1 saturated heterocycles. The number of hydrogen-bond acceptors (Lipinski definition) is 5. The van der Waals surface area contributed by atoms with Gasteiger partial charge in [-0.25, -0.2) is 0 Å². The fraction of sp³-hybridized carbons (Fsp3) is 0.769. The van der Waals surface area contributed by atoms with E-state index < -0.39 is 8.32 Å². The molecule has 1 aromatic carbocycles. The Labute approximate surface area is 196 Å². The van der Waals surface area contributed by atoms with Crippen LogP contribution in [-0.4, -0.2) is 52.8 Å². The van der Waals surface area contributed by atoms with Crippen molar-refractivity contribution < 1.29 is 13.9 Å². The lowest BCUT2D eigenvalue weighted by molar-refractivity contribution is 0.105. The van der Waals surface area contributed by atoms with Crippen LogP contribution in [0.15, 0.2) is 18.2 Å².